The number of rotatable bonds is 10. The fourth-order valence-electron chi connectivity index (χ4n) is 3.96. The number of phenols is 1. The second-order valence-corrected chi connectivity index (χ2v) is 7.89. The molecule has 1 unspecified atom stereocenters. The highest BCUT2D eigenvalue weighted by atomic mass is 16.5. The lowest BCUT2D eigenvalue weighted by Crippen LogP contribution is -2.29. The van der Waals surface area contributed by atoms with Gasteiger partial charge in [-0.15, -0.1) is 0 Å². The van der Waals surface area contributed by atoms with Crippen molar-refractivity contribution in [2.45, 2.75) is 25.7 Å². The van der Waals surface area contributed by atoms with Crippen molar-refractivity contribution >= 4 is 5.91 Å². The largest absolute Gasteiger partial charge is 0.508 e. The van der Waals surface area contributed by atoms with Crippen molar-refractivity contribution in [3.8, 4) is 28.7 Å². The van der Waals surface area contributed by atoms with Crippen LogP contribution in [0.2, 0.25) is 0 Å². The van der Waals surface area contributed by atoms with Gasteiger partial charge in [0, 0.05) is 30.5 Å². The highest BCUT2D eigenvalue weighted by Gasteiger charge is 2.30. The van der Waals surface area contributed by atoms with Gasteiger partial charge in [0.15, 0.2) is 11.5 Å². The lowest BCUT2D eigenvalue weighted by Gasteiger charge is -2.22. The highest BCUT2D eigenvalue weighted by Crippen LogP contribution is 2.45. The van der Waals surface area contributed by atoms with Crippen molar-refractivity contribution in [2.24, 2.45) is 0 Å². The molecule has 35 heavy (non-hydrogen) atoms. The number of amides is 1. The average molecular weight is 484 g/mol. The smallest absolute Gasteiger partial charge is 0.343 e. The molecule has 1 amide bonds. The average Bonchev–Trinajstić information content (AvgIpc) is 2.83. The van der Waals surface area contributed by atoms with Crippen molar-refractivity contribution in [1.82, 2.24) is 5.32 Å². The Kier molecular flexibility index (Phi) is 8.25. The molecule has 3 N–H and O–H groups in total. The summed E-state index contributed by atoms with van der Waals surface area (Å²) in [5.41, 5.74) is 0.583. The van der Waals surface area contributed by atoms with Crippen LogP contribution in [0.1, 0.15) is 34.8 Å². The van der Waals surface area contributed by atoms with Gasteiger partial charge in [0.05, 0.1) is 26.9 Å². The first-order chi connectivity index (χ1) is 16.8. The number of aryl methyl sites for hydroxylation is 1. The van der Waals surface area contributed by atoms with Crippen LogP contribution in [0, 0.1) is 6.92 Å². The number of ether oxygens (including phenoxy) is 3. The van der Waals surface area contributed by atoms with Gasteiger partial charge in [-0.25, -0.2) is 4.79 Å². The topological polar surface area (TPSA) is 127 Å². The van der Waals surface area contributed by atoms with Gasteiger partial charge in [0.1, 0.15) is 17.3 Å². The molecule has 0 saturated heterocycles. The minimum atomic E-state index is -0.893. The number of hydrogen-bond acceptors (Lipinski definition) is 8. The van der Waals surface area contributed by atoms with Crippen LogP contribution in [0.25, 0.3) is 0 Å². The molecule has 0 aliphatic rings. The minimum absolute atomic E-state index is 0.0604. The summed E-state index contributed by atoms with van der Waals surface area (Å²) in [4.78, 5) is 25.7. The minimum Gasteiger partial charge on any atom is -0.508 e. The van der Waals surface area contributed by atoms with Crippen LogP contribution in [0.4, 0.5) is 0 Å². The summed E-state index contributed by atoms with van der Waals surface area (Å²) < 4.78 is 21.6. The normalized spacial score (nSPS) is 11.5. The van der Waals surface area contributed by atoms with Crippen LogP contribution in [0.5, 0.6) is 28.7 Å². The molecule has 3 rings (SSSR count). The van der Waals surface area contributed by atoms with Gasteiger partial charge in [-0.1, -0.05) is 18.2 Å². The van der Waals surface area contributed by atoms with Crippen LogP contribution in [-0.2, 0) is 11.2 Å². The van der Waals surface area contributed by atoms with Crippen LogP contribution in [-0.4, -0.2) is 44.0 Å². The van der Waals surface area contributed by atoms with Gasteiger partial charge in [-0.2, -0.15) is 0 Å². The van der Waals surface area contributed by atoms with Gasteiger partial charge in [-0.05, 0) is 37.1 Å². The summed E-state index contributed by atoms with van der Waals surface area (Å²) in [6, 6.07) is 11.3. The van der Waals surface area contributed by atoms with E-state index in [4.69, 9.17) is 18.6 Å². The zero-order chi connectivity index (χ0) is 25.5. The molecule has 0 fully saturated rings. The summed E-state index contributed by atoms with van der Waals surface area (Å²) in [5, 5.41) is 22.9. The maximum absolute atomic E-state index is 12.9. The Bertz CT molecular complexity index is 1230. The van der Waals surface area contributed by atoms with E-state index in [1.807, 2.05) is 0 Å². The Labute approximate surface area is 202 Å². The summed E-state index contributed by atoms with van der Waals surface area (Å²) >= 11 is 0. The van der Waals surface area contributed by atoms with E-state index in [1.54, 1.807) is 43.3 Å². The van der Waals surface area contributed by atoms with E-state index < -0.39 is 11.5 Å². The van der Waals surface area contributed by atoms with E-state index in [-0.39, 0.29) is 40.9 Å². The number of benzene rings is 2. The first kappa shape index (κ1) is 25.5. The molecule has 186 valence electrons. The SMILES string of the molecule is COc1ccc(C(CC(=O)NCCc2ccc(O)cc2)c2c(O)cc(C)oc2=O)c(OC)c1OC. The van der Waals surface area contributed by atoms with Gasteiger partial charge in [0.25, 0.3) is 0 Å². The Balaban J connectivity index is 1.95. The molecule has 9 heteroatoms. The van der Waals surface area contributed by atoms with E-state index in [0.717, 1.165) is 5.56 Å². The third kappa shape index (κ3) is 5.87. The van der Waals surface area contributed by atoms with Crippen molar-refractivity contribution < 1.29 is 33.6 Å². The molecule has 1 aromatic heterocycles. The number of hydrogen-bond donors (Lipinski definition) is 3. The zero-order valence-electron chi connectivity index (χ0n) is 20.1. The molecule has 1 heterocycles. The summed E-state index contributed by atoms with van der Waals surface area (Å²) in [6.45, 7) is 1.89. The van der Waals surface area contributed by atoms with E-state index in [1.165, 1.54) is 27.4 Å². The van der Waals surface area contributed by atoms with Crippen LogP contribution >= 0.6 is 0 Å². The molecule has 9 nitrogen and oxygen atoms in total. The standard InChI is InChI=1S/C26H29NO8/c1-15-13-20(29)23(26(31)35-15)19(18-9-10-21(32-2)25(34-4)24(18)33-3)14-22(30)27-12-11-16-5-7-17(28)8-6-16/h5-10,13,19,28-29H,11-12,14H2,1-4H3,(H,27,30). The maximum atomic E-state index is 12.9. The summed E-state index contributed by atoms with van der Waals surface area (Å²) in [5.74, 6) is -0.133. The quantitative estimate of drug-likeness (QED) is 0.401. The lowest BCUT2D eigenvalue weighted by molar-refractivity contribution is -0.121. The number of methoxy groups -OCH3 is 3. The van der Waals surface area contributed by atoms with Crippen molar-refractivity contribution in [3.05, 3.63) is 75.3 Å². The molecule has 0 aliphatic heterocycles. The fourth-order valence-corrected chi connectivity index (χ4v) is 3.96. The molecular formula is C26H29NO8. The number of nitrogens with one attached hydrogen (secondary N) is 1. The fraction of sp³-hybridized carbons (Fsp3) is 0.308. The molecule has 0 aliphatic carbocycles. The Hall–Kier alpha value is -4.14. The van der Waals surface area contributed by atoms with Gasteiger partial charge in [0.2, 0.25) is 11.7 Å². The number of carbonyl (C=O) groups is 1. The first-order valence-electron chi connectivity index (χ1n) is 11.0. The molecule has 0 spiro atoms. The van der Waals surface area contributed by atoms with Crippen LogP contribution in [0.3, 0.4) is 0 Å². The maximum Gasteiger partial charge on any atom is 0.343 e. The Morgan fingerprint density at radius 3 is 2.29 bits per heavy atom. The lowest BCUT2D eigenvalue weighted by atomic mass is 9.87. The molecule has 0 saturated carbocycles. The monoisotopic (exact) mass is 483 g/mol. The van der Waals surface area contributed by atoms with Crippen molar-refractivity contribution in [1.29, 1.82) is 0 Å². The van der Waals surface area contributed by atoms with E-state index in [0.29, 0.717) is 30.0 Å². The second-order valence-electron chi connectivity index (χ2n) is 7.89. The van der Waals surface area contributed by atoms with Crippen LogP contribution in [0.15, 0.2) is 51.7 Å². The van der Waals surface area contributed by atoms with Gasteiger partial charge in [-0.3, -0.25) is 4.79 Å². The predicted molar refractivity (Wildman–Crippen MR) is 129 cm³/mol. The third-order valence-corrected chi connectivity index (χ3v) is 5.61. The first-order valence-corrected chi connectivity index (χ1v) is 11.0. The third-order valence-electron chi connectivity index (χ3n) is 5.61. The second kappa shape index (κ2) is 11.3. The van der Waals surface area contributed by atoms with Crippen molar-refractivity contribution in [3.63, 3.8) is 0 Å². The highest BCUT2D eigenvalue weighted by molar-refractivity contribution is 5.78. The number of aromatic hydroxyl groups is 2. The van der Waals surface area contributed by atoms with E-state index in [9.17, 15) is 19.8 Å². The van der Waals surface area contributed by atoms with E-state index in [2.05, 4.69) is 5.32 Å². The molecule has 3 aromatic rings. The predicted octanol–water partition coefficient (Wildman–Crippen LogP) is 3.27. The van der Waals surface area contributed by atoms with Crippen molar-refractivity contribution in [2.75, 3.05) is 27.9 Å². The molecule has 1 atom stereocenters. The number of carbonyl (C=O) groups excluding carboxylic acids is 1. The van der Waals surface area contributed by atoms with E-state index >= 15 is 0 Å². The Morgan fingerprint density at radius 1 is 1.00 bits per heavy atom. The summed E-state index contributed by atoms with van der Waals surface area (Å²) in [7, 11) is 4.37. The zero-order valence-corrected chi connectivity index (χ0v) is 20.1. The van der Waals surface area contributed by atoms with Gasteiger partial charge < -0.3 is 34.2 Å². The molecule has 2 aromatic carbocycles. The van der Waals surface area contributed by atoms with Gasteiger partial charge >= 0.3 is 5.63 Å². The molecule has 0 radical (unpaired) electrons. The number of phenolic OH excluding ortho intramolecular Hbond substituents is 1. The Morgan fingerprint density at radius 2 is 1.69 bits per heavy atom. The van der Waals surface area contributed by atoms with Crippen LogP contribution < -0.4 is 25.2 Å². The summed E-state index contributed by atoms with van der Waals surface area (Å²) in [6.07, 6.45) is 0.386. The molecule has 0 bridgehead atoms. The molecular weight excluding hydrogens is 454 g/mol.